The third kappa shape index (κ3) is 2.33. The first-order chi connectivity index (χ1) is 9.88. The summed E-state index contributed by atoms with van der Waals surface area (Å²) in [6.45, 7) is 0.569. The van der Waals surface area contributed by atoms with Gasteiger partial charge < -0.3 is 0 Å². The molecule has 2 aromatic heterocycles. The SMILES string of the molecule is O=Cc1nnn(Cc2ccccc2)c1-c1ccncc1. The van der Waals surface area contributed by atoms with Crippen molar-refractivity contribution in [1.29, 1.82) is 0 Å². The molecular weight excluding hydrogens is 252 g/mol. The largest absolute Gasteiger partial charge is 0.296 e. The zero-order valence-corrected chi connectivity index (χ0v) is 10.7. The molecule has 98 valence electrons. The van der Waals surface area contributed by atoms with E-state index < -0.39 is 0 Å². The fraction of sp³-hybridized carbons (Fsp3) is 0.0667. The molecule has 0 fully saturated rings. The first-order valence-corrected chi connectivity index (χ1v) is 6.21. The van der Waals surface area contributed by atoms with E-state index in [4.69, 9.17) is 0 Å². The highest BCUT2D eigenvalue weighted by atomic mass is 16.1. The average molecular weight is 264 g/mol. The summed E-state index contributed by atoms with van der Waals surface area (Å²) in [5, 5.41) is 8.01. The Morgan fingerprint density at radius 1 is 1.05 bits per heavy atom. The smallest absolute Gasteiger partial charge is 0.172 e. The molecule has 20 heavy (non-hydrogen) atoms. The number of hydrogen-bond donors (Lipinski definition) is 0. The van der Waals surface area contributed by atoms with Crippen LogP contribution in [0, 0.1) is 0 Å². The summed E-state index contributed by atoms with van der Waals surface area (Å²) in [6, 6.07) is 13.6. The number of carbonyl (C=O) groups excluding carboxylic acids is 1. The summed E-state index contributed by atoms with van der Waals surface area (Å²) in [7, 11) is 0. The van der Waals surface area contributed by atoms with Gasteiger partial charge in [0.25, 0.3) is 0 Å². The minimum atomic E-state index is 0.340. The number of carbonyl (C=O) groups is 1. The second-order valence-corrected chi connectivity index (χ2v) is 4.32. The van der Waals surface area contributed by atoms with Crippen LogP contribution in [0.4, 0.5) is 0 Å². The van der Waals surface area contributed by atoms with Crippen molar-refractivity contribution in [3.8, 4) is 11.3 Å². The lowest BCUT2D eigenvalue weighted by Gasteiger charge is -2.06. The van der Waals surface area contributed by atoms with E-state index in [2.05, 4.69) is 15.3 Å². The third-order valence-corrected chi connectivity index (χ3v) is 3.00. The lowest BCUT2D eigenvalue weighted by Crippen LogP contribution is -2.04. The van der Waals surface area contributed by atoms with Gasteiger partial charge in [0.2, 0.25) is 0 Å². The van der Waals surface area contributed by atoms with Crippen molar-refractivity contribution in [3.05, 3.63) is 66.1 Å². The molecule has 0 radical (unpaired) electrons. The standard InChI is InChI=1S/C15H12N4O/c20-11-14-15(13-6-8-16-9-7-13)19(18-17-14)10-12-4-2-1-3-5-12/h1-9,11H,10H2. The molecule has 0 atom stereocenters. The zero-order chi connectivity index (χ0) is 13.8. The van der Waals surface area contributed by atoms with Crippen molar-refractivity contribution in [2.45, 2.75) is 6.54 Å². The Labute approximate surface area is 115 Å². The Kier molecular flexibility index (Phi) is 3.33. The van der Waals surface area contributed by atoms with Crippen molar-refractivity contribution >= 4 is 6.29 Å². The maximum absolute atomic E-state index is 11.1. The fourth-order valence-corrected chi connectivity index (χ4v) is 2.08. The maximum Gasteiger partial charge on any atom is 0.172 e. The van der Waals surface area contributed by atoms with Crippen LogP contribution in [0.3, 0.4) is 0 Å². The van der Waals surface area contributed by atoms with Gasteiger partial charge in [0.05, 0.1) is 12.2 Å². The van der Waals surface area contributed by atoms with Crippen LogP contribution in [-0.4, -0.2) is 26.3 Å². The van der Waals surface area contributed by atoms with Crippen LogP contribution in [0.5, 0.6) is 0 Å². The van der Waals surface area contributed by atoms with E-state index in [0.717, 1.165) is 17.4 Å². The predicted octanol–water partition coefficient (Wildman–Crippen LogP) is 2.20. The van der Waals surface area contributed by atoms with Gasteiger partial charge in [-0.1, -0.05) is 35.5 Å². The number of benzene rings is 1. The molecule has 5 heteroatoms. The van der Waals surface area contributed by atoms with Crippen molar-refractivity contribution in [1.82, 2.24) is 20.0 Å². The van der Waals surface area contributed by atoms with Gasteiger partial charge in [0, 0.05) is 18.0 Å². The summed E-state index contributed by atoms with van der Waals surface area (Å²) in [6.07, 6.45) is 4.10. The van der Waals surface area contributed by atoms with Gasteiger partial charge in [-0.05, 0) is 17.7 Å². The molecule has 0 bridgehead atoms. The van der Waals surface area contributed by atoms with Crippen LogP contribution in [0.15, 0.2) is 54.9 Å². The van der Waals surface area contributed by atoms with Gasteiger partial charge >= 0.3 is 0 Å². The molecule has 0 saturated carbocycles. The van der Waals surface area contributed by atoms with Gasteiger partial charge in [-0.25, -0.2) is 4.68 Å². The number of hydrogen-bond acceptors (Lipinski definition) is 4. The van der Waals surface area contributed by atoms with Crippen LogP contribution in [0.2, 0.25) is 0 Å². The van der Waals surface area contributed by atoms with Gasteiger partial charge in [-0.3, -0.25) is 9.78 Å². The summed E-state index contributed by atoms with van der Waals surface area (Å²) < 4.78 is 1.73. The molecular formula is C15H12N4O. The van der Waals surface area contributed by atoms with Crippen LogP contribution in [0.1, 0.15) is 16.1 Å². The molecule has 2 heterocycles. The minimum absolute atomic E-state index is 0.340. The Morgan fingerprint density at radius 2 is 1.80 bits per heavy atom. The van der Waals surface area contributed by atoms with E-state index in [1.165, 1.54) is 0 Å². The Balaban J connectivity index is 2.04. The van der Waals surface area contributed by atoms with Gasteiger partial charge in [-0.15, -0.1) is 5.10 Å². The lowest BCUT2D eigenvalue weighted by atomic mass is 10.1. The number of nitrogens with zero attached hydrogens (tertiary/aromatic N) is 4. The monoisotopic (exact) mass is 264 g/mol. The van der Waals surface area contributed by atoms with Crippen molar-refractivity contribution in [2.75, 3.05) is 0 Å². The van der Waals surface area contributed by atoms with Crippen LogP contribution >= 0.6 is 0 Å². The topological polar surface area (TPSA) is 60.7 Å². The summed E-state index contributed by atoms with van der Waals surface area (Å²) in [4.78, 5) is 15.1. The second kappa shape index (κ2) is 5.44. The van der Waals surface area contributed by atoms with Gasteiger partial charge in [0.15, 0.2) is 12.0 Å². The number of pyridine rings is 1. The van der Waals surface area contributed by atoms with E-state index in [-0.39, 0.29) is 0 Å². The first-order valence-electron chi connectivity index (χ1n) is 6.21. The number of rotatable bonds is 4. The lowest BCUT2D eigenvalue weighted by molar-refractivity contribution is 0.111. The van der Waals surface area contributed by atoms with E-state index in [0.29, 0.717) is 17.9 Å². The predicted molar refractivity (Wildman–Crippen MR) is 74.2 cm³/mol. The van der Waals surface area contributed by atoms with Crippen LogP contribution in [0.25, 0.3) is 11.3 Å². The highest BCUT2D eigenvalue weighted by Crippen LogP contribution is 2.21. The van der Waals surface area contributed by atoms with Crippen molar-refractivity contribution < 1.29 is 4.79 Å². The Bertz CT molecular complexity index is 707. The van der Waals surface area contributed by atoms with E-state index in [1.807, 2.05) is 42.5 Å². The van der Waals surface area contributed by atoms with Crippen molar-refractivity contribution in [3.63, 3.8) is 0 Å². The number of aldehydes is 1. The third-order valence-electron chi connectivity index (χ3n) is 3.00. The summed E-state index contributed by atoms with van der Waals surface area (Å²) in [5.74, 6) is 0. The molecule has 3 aromatic rings. The molecule has 0 aliphatic carbocycles. The summed E-state index contributed by atoms with van der Waals surface area (Å²) in [5.41, 5.74) is 3.03. The maximum atomic E-state index is 11.1. The molecule has 0 aliphatic heterocycles. The van der Waals surface area contributed by atoms with E-state index >= 15 is 0 Å². The molecule has 5 nitrogen and oxygen atoms in total. The Hall–Kier alpha value is -2.82. The average Bonchev–Trinajstić information content (AvgIpc) is 2.92. The molecule has 3 rings (SSSR count). The van der Waals surface area contributed by atoms with E-state index in [9.17, 15) is 4.79 Å². The fourth-order valence-electron chi connectivity index (χ4n) is 2.08. The molecule has 0 aliphatic rings. The second-order valence-electron chi connectivity index (χ2n) is 4.32. The zero-order valence-electron chi connectivity index (χ0n) is 10.7. The van der Waals surface area contributed by atoms with Crippen molar-refractivity contribution in [2.24, 2.45) is 0 Å². The quantitative estimate of drug-likeness (QED) is 0.678. The molecule has 0 N–H and O–H groups in total. The molecule has 1 aromatic carbocycles. The highest BCUT2D eigenvalue weighted by molar-refractivity contribution is 5.83. The summed E-state index contributed by atoms with van der Waals surface area (Å²) >= 11 is 0. The van der Waals surface area contributed by atoms with Gasteiger partial charge in [0.1, 0.15) is 0 Å². The number of aromatic nitrogens is 4. The molecule has 0 saturated heterocycles. The van der Waals surface area contributed by atoms with Crippen LogP contribution < -0.4 is 0 Å². The normalized spacial score (nSPS) is 10.4. The van der Waals surface area contributed by atoms with Crippen LogP contribution in [-0.2, 0) is 6.54 Å². The minimum Gasteiger partial charge on any atom is -0.296 e. The first kappa shape index (κ1) is 12.2. The molecule has 0 spiro atoms. The molecule has 0 amide bonds. The molecule has 0 unspecified atom stereocenters. The Morgan fingerprint density at radius 3 is 2.50 bits per heavy atom. The van der Waals surface area contributed by atoms with Gasteiger partial charge in [-0.2, -0.15) is 0 Å². The highest BCUT2D eigenvalue weighted by Gasteiger charge is 2.14. The van der Waals surface area contributed by atoms with E-state index in [1.54, 1.807) is 17.1 Å².